The van der Waals surface area contributed by atoms with Crippen LogP contribution in [0.2, 0.25) is 0 Å². The van der Waals surface area contributed by atoms with E-state index in [0.717, 1.165) is 25.6 Å². The number of rotatable bonds is 6. The number of thiazole rings is 1. The third-order valence-corrected chi connectivity index (χ3v) is 3.67. The van der Waals surface area contributed by atoms with Crippen molar-refractivity contribution in [1.82, 2.24) is 15.6 Å². The van der Waals surface area contributed by atoms with Crippen molar-refractivity contribution in [2.75, 3.05) is 19.6 Å². The molecular formula is C11H19N3S. The van der Waals surface area contributed by atoms with Crippen LogP contribution >= 0.6 is 11.3 Å². The number of nitrogens with one attached hydrogen (secondary N) is 2. The Morgan fingerprint density at radius 1 is 1.53 bits per heavy atom. The summed E-state index contributed by atoms with van der Waals surface area (Å²) in [5.74, 6) is 0. The van der Waals surface area contributed by atoms with Gasteiger partial charge in [-0.3, -0.25) is 0 Å². The Morgan fingerprint density at radius 3 is 3.27 bits per heavy atom. The summed E-state index contributed by atoms with van der Waals surface area (Å²) < 4.78 is 0. The monoisotopic (exact) mass is 225 g/mol. The predicted molar refractivity (Wildman–Crippen MR) is 64.3 cm³/mol. The van der Waals surface area contributed by atoms with Gasteiger partial charge in [0, 0.05) is 30.6 Å². The molecular weight excluding hydrogens is 206 g/mol. The first-order chi connectivity index (χ1) is 7.45. The van der Waals surface area contributed by atoms with E-state index in [2.05, 4.69) is 15.6 Å². The summed E-state index contributed by atoms with van der Waals surface area (Å²) in [4.78, 5) is 4.26. The van der Waals surface area contributed by atoms with E-state index in [1.807, 2.05) is 11.6 Å². The molecule has 2 N–H and O–H groups in total. The van der Waals surface area contributed by atoms with Crippen LogP contribution in [0.5, 0.6) is 0 Å². The van der Waals surface area contributed by atoms with Crippen LogP contribution in [0.1, 0.15) is 24.3 Å². The van der Waals surface area contributed by atoms with E-state index in [1.165, 1.54) is 30.8 Å². The molecule has 3 nitrogen and oxygen atoms in total. The molecule has 0 aliphatic carbocycles. The average molecular weight is 225 g/mol. The Labute approximate surface area is 95.3 Å². The standard InChI is InChI=1S/C11H19N3S/c1-2-10(13-5-1)3-6-12-7-4-11-14-8-9-15-11/h8-10,12-13H,1-7H2. The molecule has 1 aromatic rings. The molecule has 0 bridgehead atoms. The van der Waals surface area contributed by atoms with Gasteiger partial charge >= 0.3 is 0 Å². The normalized spacial score (nSPS) is 20.9. The van der Waals surface area contributed by atoms with Crippen molar-refractivity contribution in [1.29, 1.82) is 0 Å². The van der Waals surface area contributed by atoms with Crippen LogP contribution in [0.4, 0.5) is 0 Å². The maximum atomic E-state index is 4.26. The molecule has 4 heteroatoms. The smallest absolute Gasteiger partial charge is 0.0937 e. The number of hydrogen-bond donors (Lipinski definition) is 2. The Hall–Kier alpha value is -0.450. The topological polar surface area (TPSA) is 37.0 Å². The second kappa shape index (κ2) is 6.20. The van der Waals surface area contributed by atoms with Gasteiger partial charge in [0.25, 0.3) is 0 Å². The van der Waals surface area contributed by atoms with Crippen molar-refractivity contribution in [2.45, 2.75) is 31.7 Å². The maximum Gasteiger partial charge on any atom is 0.0937 e. The lowest BCUT2D eigenvalue weighted by Gasteiger charge is -2.09. The largest absolute Gasteiger partial charge is 0.316 e. The molecule has 0 aromatic carbocycles. The van der Waals surface area contributed by atoms with Crippen molar-refractivity contribution < 1.29 is 0 Å². The Kier molecular flexibility index (Phi) is 4.57. The highest BCUT2D eigenvalue weighted by Crippen LogP contribution is 2.07. The fourth-order valence-electron chi connectivity index (χ4n) is 1.98. The van der Waals surface area contributed by atoms with Crippen molar-refractivity contribution in [3.05, 3.63) is 16.6 Å². The zero-order chi connectivity index (χ0) is 10.3. The lowest BCUT2D eigenvalue weighted by Crippen LogP contribution is -2.28. The van der Waals surface area contributed by atoms with Crippen LogP contribution < -0.4 is 10.6 Å². The molecule has 15 heavy (non-hydrogen) atoms. The van der Waals surface area contributed by atoms with Gasteiger partial charge in [-0.25, -0.2) is 4.98 Å². The lowest BCUT2D eigenvalue weighted by molar-refractivity contribution is 0.525. The number of nitrogens with zero attached hydrogens (tertiary/aromatic N) is 1. The average Bonchev–Trinajstić information content (AvgIpc) is 2.88. The molecule has 0 amide bonds. The zero-order valence-electron chi connectivity index (χ0n) is 9.04. The van der Waals surface area contributed by atoms with E-state index in [0.29, 0.717) is 0 Å². The summed E-state index contributed by atoms with van der Waals surface area (Å²) in [5.41, 5.74) is 0. The van der Waals surface area contributed by atoms with Gasteiger partial charge < -0.3 is 10.6 Å². The van der Waals surface area contributed by atoms with Gasteiger partial charge in [-0.2, -0.15) is 0 Å². The molecule has 84 valence electrons. The first-order valence-corrected chi connectivity index (χ1v) is 6.65. The highest BCUT2D eigenvalue weighted by molar-refractivity contribution is 7.09. The molecule has 1 fully saturated rings. The van der Waals surface area contributed by atoms with Crippen LogP contribution in [0.3, 0.4) is 0 Å². The third-order valence-electron chi connectivity index (χ3n) is 2.83. The first kappa shape index (κ1) is 11.0. The third kappa shape index (κ3) is 3.89. The molecule has 0 spiro atoms. The van der Waals surface area contributed by atoms with Gasteiger partial charge in [-0.05, 0) is 32.4 Å². The Morgan fingerprint density at radius 2 is 2.53 bits per heavy atom. The fraction of sp³-hybridized carbons (Fsp3) is 0.727. The molecule has 1 unspecified atom stereocenters. The van der Waals surface area contributed by atoms with Crippen molar-refractivity contribution in [3.63, 3.8) is 0 Å². The fourth-order valence-corrected chi connectivity index (χ4v) is 2.60. The summed E-state index contributed by atoms with van der Waals surface area (Å²) in [6, 6.07) is 0.761. The predicted octanol–water partition coefficient (Wildman–Crippen LogP) is 1.42. The lowest BCUT2D eigenvalue weighted by atomic mass is 10.1. The van der Waals surface area contributed by atoms with E-state index in [4.69, 9.17) is 0 Å². The molecule has 2 heterocycles. The number of aromatic nitrogens is 1. The van der Waals surface area contributed by atoms with E-state index in [1.54, 1.807) is 11.3 Å². The minimum absolute atomic E-state index is 0.761. The van der Waals surface area contributed by atoms with Gasteiger partial charge in [0.1, 0.15) is 0 Å². The van der Waals surface area contributed by atoms with Crippen LogP contribution in [0.25, 0.3) is 0 Å². The van der Waals surface area contributed by atoms with Crippen LogP contribution in [0, 0.1) is 0 Å². The zero-order valence-corrected chi connectivity index (χ0v) is 9.85. The van der Waals surface area contributed by atoms with Gasteiger partial charge in [-0.15, -0.1) is 11.3 Å². The second-order valence-electron chi connectivity index (χ2n) is 4.01. The highest BCUT2D eigenvalue weighted by atomic mass is 32.1. The summed E-state index contributed by atoms with van der Waals surface area (Å²) in [7, 11) is 0. The minimum atomic E-state index is 0.761. The quantitative estimate of drug-likeness (QED) is 0.719. The van der Waals surface area contributed by atoms with Gasteiger partial charge in [-0.1, -0.05) is 0 Å². The first-order valence-electron chi connectivity index (χ1n) is 5.77. The summed E-state index contributed by atoms with van der Waals surface area (Å²) in [6.07, 6.45) is 6.91. The molecule has 1 aliphatic heterocycles. The Balaban J connectivity index is 1.48. The molecule has 1 aromatic heterocycles. The van der Waals surface area contributed by atoms with E-state index in [-0.39, 0.29) is 0 Å². The minimum Gasteiger partial charge on any atom is -0.316 e. The van der Waals surface area contributed by atoms with Crippen molar-refractivity contribution in [2.24, 2.45) is 0 Å². The summed E-state index contributed by atoms with van der Waals surface area (Å²) >= 11 is 1.74. The molecule has 1 atom stereocenters. The van der Waals surface area contributed by atoms with Crippen LogP contribution in [-0.4, -0.2) is 30.7 Å². The molecule has 1 saturated heterocycles. The molecule has 2 rings (SSSR count). The van der Waals surface area contributed by atoms with Crippen LogP contribution in [-0.2, 0) is 6.42 Å². The van der Waals surface area contributed by atoms with E-state index in [9.17, 15) is 0 Å². The van der Waals surface area contributed by atoms with Gasteiger partial charge in [0.2, 0.25) is 0 Å². The second-order valence-corrected chi connectivity index (χ2v) is 4.99. The summed E-state index contributed by atoms with van der Waals surface area (Å²) in [6.45, 7) is 3.40. The molecule has 1 aliphatic rings. The molecule has 0 saturated carbocycles. The maximum absolute atomic E-state index is 4.26. The van der Waals surface area contributed by atoms with E-state index < -0.39 is 0 Å². The summed E-state index contributed by atoms with van der Waals surface area (Å²) in [5, 5.41) is 10.3. The Bertz CT molecular complexity index is 255. The van der Waals surface area contributed by atoms with Crippen LogP contribution in [0.15, 0.2) is 11.6 Å². The molecule has 0 radical (unpaired) electrons. The van der Waals surface area contributed by atoms with E-state index >= 15 is 0 Å². The van der Waals surface area contributed by atoms with Crippen molar-refractivity contribution >= 4 is 11.3 Å². The highest BCUT2D eigenvalue weighted by Gasteiger charge is 2.12. The van der Waals surface area contributed by atoms with Crippen molar-refractivity contribution in [3.8, 4) is 0 Å². The number of hydrogen-bond acceptors (Lipinski definition) is 4. The van der Waals surface area contributed by atoms with Gasteiger partial charge in [0.15, 0.2) is 0 Å². The SMILES string of the molecule is c1csc(CCNCCC2CCCN2)n1. The van der Waals surface area contributed by atoms with Gasteiger partial charge in [0.05, 0.1) is 5.01 Å².